The molecule has 0 aromatic carbocycles. The van der Waals surface area contributed by atoms with Crippen LogP contribution in [0.3, 0.4) is 0 Å². The van der Waals surface area contributed by atoms with E-state index in [1.807, 2.05) is 11.8 Å². The van der Waals surface area contributed by atoms with E-state index in [4.69, 9.17) is 0 Å². The summed E-state index contributed by atoms with van der Waals surface area (Å²) in [6.45, 7) is 7.73. The summed E-state index contributed by atoms with van der Waals surface area (Å²) < 4.78 is 26.6. The lowest BCUT2D eigenvalue weighted by Gasteiger charge is -2.37. The molecular weight excluding hydrogens is 280 g/mol. The van der Waals surface area contributed by atoms with Crippen LogP contribution in [0.4, 0.5) is 0 Å². The molecule has 1 saturated heterocycles. The predicted molar refractivity (Wildman–Crippen MR) is 78.4 cm³/mol. The predicted octanol–water partition coefficient (Wildman–Crippen LogP) is -0.899. The van der Waals surface area contributed by atoms with Crippen molar-refractivity contribution in [3.8, 4) is 0 Å². The van der Waals surface area contributed by atoms with Crippen molar-refractivity contribution < 1.29 is 13.2 Å². The Bertz CT molecular complexity index is 442. The number of nitrogens with zero attached hydrogens (tertiary/aromatic N) is 3. The van der Waals surface area contributed by atoms with Crippen molar-refractivity contribution in [1.29, 1.82) is 0 Å². The van der Waals surface area contributed by atoms with E-state index in [1.165, 1.54) is 22.7 Å². The maximum Gasteiger partial charge on any atom is 0.281 e. The molecule has 0 spiro atoms. The Morgan fingerprint density at radius 3 is 2.35 bits per heavy atom. The van der Waals surface area contributed by atoms with Crippen LogP contribution < -0.4 is 5.32 Å². The summed E-state index contributed by atoms with van der Waals surface area (Å²) in [5, 5.41) is 2.75. The molecule has 1 amide bonds. The highest BCUT2D eigenvalue weighted by molar-refractivity contribution is 7.86. The van der Waals surface area contributed by atoms with Gasteiger partial charge < -0.3 is 5.32 Å². The van der Waals surface area contributed by atoms with Gasteiger partial charge in [0, 0.05) is 46.8 Å². The van der Waals surface area contributed by atoms with Gasteiger partial charge in [0.25, 0.3) is 10.2 Å². The third-order valence-corrected chi connectivity index (χ3v) is 5.35. The zero-order valence-corrected chi connectivity index (χ0v) is 13.2. The number of nitrogens with one attached hydrogen (secondary N) is 1. The van der Waals surface area contributed by atoms with E-state index in [0.717, 1.165) is 0 Å². The fourth-order valence-corrected chi connectivity index (χ4v) is 3.13. The summed E-state index contributed by atoms with van der Waals surface area (Å²) in [5.74, 6) is -0.0613. The van der Waals surface area contributed by atoms with Gasteiger partial charge in [-0.1, -0.05) is 6.08 Å². The highest BCUT2D eigenvalue weighted by Crippen LogP contribution is 2.11. The lowest BCUT2D eigenvalue weighted by molar-refractivity contribution is -0.126. The Labute approximate surface area is 121 Å². The smallest absolute Gasteiger partial charge is 0.281 e. The lowest BCUT2D eigenvalue weighted by Crippen LogP contribution is -2.56. The molecule has 0 saturated carbocycles. The number of piperazine rings is 1. The van der Waals surface area contributed by atoms with Gasteiger partial charge in [0.1, 0.15) is 0 Å². The molecule has 1 aliphatic rings. The number of rotatable bonds is 6. The molecule has 1 atom stereocenters. The minimum atomic E-state index is -3.36. The molecule has 1 rings (SSSR count). The van der Waals surface area contributed by atoms with Crippen LogP contribution >= 0.6 is 0 Å². The van der Waals surface area contributed by atoms with E-state index >= 15 is 0 Å². The average Bonchev–Trinajstić information content (AvgIpc) is 2.43. The van der Waals surface area contributed by atoms with Gasteiger partial charge in [-0.25, -0.2) is 0 Å². The number of carbonyl (C=O) groups excluding carboxylic acids is 1. The number of amides is 1. The van der Waals surface area contributed by atoms with Gasteiger partial charge in [-0.15, -0.1) is 6.58 Å². The fourth-order valence-electron chi connectivity index (χ4n) is 2.04. The van der Waals surface area contributed by atoms with Gasteiger partial charge in [-0.2, -0.15) is 17.0 Å². The molecule has 0 aromatic heterocycles. The van der Waals surface area contributed by atoms with Crippen LogP contribution in [0.5, 0.6) is 0 Å². The normalized spacial score (nSPS) is 19.8. The molecule has 0 bridgehead atoms. The van der Waals surface area contributed by atoms with Crippen LogP contribution in [0.2, 0.25) is 0 Å². The third kappa shape index (κ3) is 4.02. The average molecular weight is 304 g/mol. The first-order valence-electron chi connectivity index (χ1n) is 6.61. The minimum absolute atomic E-state index is 0.0613. The molecule has 7 nitrogen and oxygen atoms in total. The monoisotopic (exact) mass is 304 g/mol. The van der Waals surface area contributed by atoms with Crippen LogP contribution in [0.1, 0.15) is 6.92 Å². The molecule has 116 valence electrons. The molecule has 0 radical (unpaired) electrons. The topological polar surface area (TPSA) is 73.0 Å². The summed E-state index contributed by atoms with van der Waals surface area (Å²) in [6.07, 6.45) is 1.63. The highest BCUT2D eigenvalue weighted by atomic mass is 32.2. The Morgan fingerprint density at radius 2 is 1.90 bits per heavy atom. The first-order chi connectivity index (χ1) is 9.30. The summed E-state index contributed by atoms with van der Waals surface area (Å²) in [6, 6.07) is -0.265. The van der Waals surface area contributed by atoms with Crippen molar-refractivity contribution in [2.24, 2.45) is 0 Å². The van der Waals surface area contributed by atoms with Crippen LogP contribution in [-0.2, 0) is 15.0 Å². The van der Waals surface area contributed by atoms with Crippen molar-refractivity contribution in [2.75, 3.05) is 46.8 Å². The molecule has 0 aliphatic carbocycles. The second kappa shape index (κ2) is 7.16. The van der Waals surface area contributed by atoms with Crippen molar-refractivity contribution in [2.45, 2.75) is 13.0 Å². The van der Waals surface area contributed by atoms with Gasteiger partial charge >= 0.3 is 0 Å². The number of hydrogen-bond acceptors (Lipinski definition) is 4. The van der Waals surface area contributed by atoms with E-state index in [-0.39, 0.29) is 11.9 Å². The number of carbonyl (C=O) groups is 1. The molecule has 1 heterocycles. The lowest BCUT2D eigenvalue weighted by atomic mass is 10.2. The summed E-state index contributed by atoms with van der Waals surface area (Å²) in [4.78, 5) is 13.8. The second-order valence-corrected chi connectivity index (χ2v) is 7.08. The summed E-state index contributed by atoms with van der Waals surface area (Å²) in [7, 11) is -0.316. The molecule has 0 aromatic rings. The van der Waals surface area contributed by atoms with Gasteiger partial charge in [-0.3, -0.25) is 9.69 Å². The summed E-state index contributed by atoms with van der Waals surface area (Å²) >= 11 is 0. The van der Waals surface area contributed by atoms with E-state index in [2.05, 4.69) is 11.9 Å². The van der Waals surface area contributed by atoms with E-state index < -0.39 is 10.2 Å². The largest absolute Gasteiger partial charge is 0.351 e. The highest BCUT2D eigenvalue weighted by Gasteiger charge is 2.31. The van der Waals surface area contributed by atoms with Gasteiger partial charge in [-0.05, 0) is 6.92 Å². The minimum Gasteiger partial charge on any atom is -0.351 e. The molecule has 1 fully saturated rings. The Morgan fingerprint density at radius 1 is 1.35 bits per heavy atom. The quantitative estimate of drug-likeness (QED) is 0.646. The van der Waals surface area contributed by atoms with Gasteiger partial charge in [0.15, 0.2) is 0 Å². The van der Waals surface area contributed by atoms with Crippen LogP contribution in [0.15, 0.2) is 12.7 Å². The van der Waals surface area contributed by atoms with E-state index in [1.54, 1.807) is 6.08 Å². The molecule has 20 heavy (non-hydrogen) atoms. The van der Waals surface area contributed by atoms with Crippen molar-refractivity contribution in [1.82, 2.24) is 18.8 Å². The van der Waals surface area contributed by atoms with E-state index in [0.29, 0.717) is 32.7 Å². The Hall–Kier alpha value is -0.960. The maximum absolute atomic E-state index is 12.0. The SMILES string of the molecule is C=CCNC(=O)[C@@H](C)N1CCN(S(=O)(=O)N(C)C)CC1. The molecule has 1 N–H and O–H groups in total. The number of hydrogen-bond donors (Lipinski definition) is 1. The zero-order chi connectivity index (χ0) is 15.3. The molecular formula is C12H24N4O3S. The van der Waals surface area contributed by atoms with Crippen LogP contribution in [0, 0.1) is 0 Å². The Kier molecular flexibility index (Phi) is 6.12. The first-order valence-corrected chi connectivity index (χ1v) is 8.00. The molecule has 1 aliphatic heterocycles. The third-order valence-electron chi connectivity index (χ3n) is 3.41. The van der Waals surface area contributed by atoms with Crippen molar-refractivity contribution in [3.05, 3.63) is 12.7 Å². The molecule has 0 unspecified atom stereocenters. The maximum atomic E-state index is 12.0. The van der Waals surface area contributed by atoms with Crippen LogP contribution in [-0.4, -0.2) is 80.7 Å². The van der Waals surface area contributed by atoms with Gasteiger partial charge in [0.2, 0.25) is 5.91 Å². The van der Waals surface area contributed by atoms with E-state index in [9.17, 15) is 13.2 Å². The van der Waals surface area contributed by atoms with Gasteiger partial charge in [0.05, 0.1) is 6.04 Å². The standard InChI is InChI=1S/C12H24N4O3S/c1-5-6-13-12(17)11(2)15-7-9-16(10-8-15)20(18,19)14(3)4/h5,11H,1,6-10H2,2-4H3,(H,13,17)/t11-/m1/s1. The molecule has 8 heteroatoms. The summed E-state index contributed by atoms with van der Waals surface area (Å²) in [5.41, 5.74) is 0. The second-order valence-electron chi connectivity index (χ2n) is 4.93. The Balaban J connectivity index is 2.54. The van der Waals surface area contributed by atoms with Crippen molar-refractivity contribution in [3.63, 3.8) is 0 Å². The van der Waals surface area contributed by atoms with Crippen molar-refractivity contribution >= 4 is 16.1 Å². The fraction of sp³-hybridized carbons (Fsp3) is 0.750. The zero-order valence-electron chi connectivity index (χ0n) is 12.4. The first kappa shape index (κ1) is 17.1. The van der Waals surface area contributed by atoms with Crippen LogP contribution in [0.25, 0.3) is 0 Å².